The van der Waals surface area contributed by atoms with Crippen LogP contribution in [0.1, 0.15) is 115 Å². The van der Waals surface area contributed by atoms with Gasteiger partial charge in [0.1, 0.15) is 0 Å². The van der Waals surface area contributed by atoms with Crippen molar-refractivity contribution >= 4 is 64.2 Å². The highest BCUT2D eigenvalue weighted by molar-refractivity contribution is 6.13. The van der Waals surface area contributed by atoms with Gasteiger partial charge < -0.3 is 56.8 Å². The first-order valence-electron chi connectivity index (χ1n) is 26.7. The van der Waals surface area contributed by atoms with Gasteiger partial charge in [-0.05, 0) is 199 Å². The monoisotopic (exact) mass is 998 g/mol. The Morgan fingerprint density at radius 3 is 1.23 bits per heavy atom. The molecule has 0 bridgehead atoms. The molecule has 0 saturated carbocycles. The average Bonchev–Trinajstić information content (AvgIpc) is 3.34. The SMILES string of the molecule is CN(C)CCCCCNc1nc(NCCCCCN(C)C)nc(Nc2ccc3c(c2)Cc2cc4c(cc2N3)C(=O)c2cc(Nc3nc(NCCCCCN(C)C)nc(NCCCCCN(C)C)n3)ccc2C4)n1. The summed E-state index contributed by atoms with van der Waals surface area (Å²) in [5.41, 5.74) is 9.32. The molecule has 2 aliphatic rings. The Balaban J connectivity index is 1.00. The predicted molar refractivity (Wildman–Crippen MR) is 301 cm³/mol. The normalized spacial score (nSPS) is 12.6. The summed E-state index contributed by atoms with van der Waals surface area (Å²) >= 11 is 0. The number of nitrogens with zero attached hydrogens (tertiary/aromatic N) is 10. The van der Waals surface area contributed by atoms with Gasteiger partial charge in [0.05, 0.1) is 0 Å². The predicted octanol–water partition coefficient (Wildman–Crippen LogP) is 8.90. The Kier molecular flexibility index (Phi) is 20.7. The zero-order chi connectivity index (χ0) is 51.5. The zero-order valence-corrected chi connectivity index (χ0v) is 45.1. The highest BCUT2D eigenvalue weighted by Crippen LogP contribution is 2.39. The average molecular weight is 998 g/mol. The van der Waals surface area contributed by atoms with E-state index in [0.29, 0.717) is 47.7 Å². The Hall–Kier alpha value is -6.21. The van der Waals surface area contributed by atoms with Crippen LogP contribution in [0.4, 0.5) is 58.4 Å². The molecule has 18 nitrogen and oxygen atoms in total. The summed E-state index contributed by atoms with van der Waals surface area (Å²) in [4.78, 5) is 51.7. The number of fused-ring (bicyclic) bond motifs is 4. The molecule has 0 unspecified atom stereocenters. The van der Waals surface area contributed by atoms with Crippen LogP contribution in [0.2, 0.25) is 0 Å². The fourth-order valence-electron chi connectivity index (χ4n) is 9.13. The number of hydrogen-bond donors (Lipinski definition) is 7. The summed E-state index contributed by atoms with van der Waals surface area (Å²) in [6.45, 7) is 7.44. The summed E-state index contributed by atoms with van der Waals surface area (Å²) in [6, 6.07) is 16.5. The van der Waals surface area contributed by atoms with Crippen LogP contribution in [0.3, 0.4) is 0 Å². The van der Waals surface area contributed by atoms with Crippen molar-refractivity contribution in [3.8, 4) is 0 Å². The van der Waals surface area contributed by atoms with Crippen molar-refractivity contribution < 1.29 is 4.79 Å². The molecule has 5 aromatic rings. The van der Waals surface area contributed by atoms with Gasteiger partial charge in [0, 0.05) is 66.5 Å². The van der Waals surface area contributed by atoms with Crippen LogP contribution in [0.15, 0.2) is 48.5 Å². The van der Waals surface area contributed by atoms with Gasteiger partial charge in [-0.1, -0.05) is 37.8 Å². The first-order chi connectivity index (χ1) is 35.3. The Labute approximate surface area is 434 Å². The minimum Gasteiger partial charge on any atom is -0.355 e. The molecule has 0 fully saturated rings. The molecule has 0 spiro atoms. The van der Waals surface area contributed by atoms with E-state index < -0.39 is 0 Å². The van der Waals surface area contributed by atoms with Crippen LogP contribution in [0, 0.1) is 0 Å². The lowest BCUT2D eigenvalue weighted by atomic mass is 9.82. The molecule has 3 heterocycles. The van der Waals surface area contributed by atoms with Crippen molar-refractivity contribution in [2.45, 2.75) is 89.9 Å². The van der Waals surface area contributed by atoms with Gasteiger partial charge >= 0.3 is 0 Å². The number of nitrogens with one attached hydrogen (secondary N) is 7. The second-order valence-corrected chi connectivity index (χ2v) is 20.7. The first kappa shape index (κ1) is 54.6. The van der Waals surface area contributed by atoms with Crippen LogP contribution in [0.25, 0.3) is 0 Å². The minimum atomic E-state index is 0.00691. The number of rotatable bonds is 32. The lowest BCUT2D eigenvalue weighted by Crippen LogP contribution is -2.18. The summed E-state index contributed by atoms with van der Waals surface area (Å²) in [6.07, 6.45) is 14.6. The minimum absolute atomic E-state index is 0.00691. The summed E-state index contributed by atoms with van der Waals surface area (Å²) < 4.78 is 0. The number of carbonyl (C=O) groups is 1. The molecule has 0 saturated heterocycles. The third-order valence-electron chi connectivity index (χ3n) is 13.1. The van der Waals surface area contributed by atoms with Crippen molar-refractivity contribution in [1.29, 1.82) is 0 Å². The molecule has 0 atom stereocenters. The van der Waals surface area contributed by atoms with Crippen molar-refractivity contribution in [2.24, 2.45) is 0 Å². The van der Waals surface area contributed by atoms with Crippen molar-refractivity contribution in [1.82, 2.24) is 49.5 Å². The quantitative estimate of drug-likeness (QED) is 0.0198. The van der Waals surface area contributed by atoms with Gasteiger partial charge in [-0.3, -0.25) is 4.79 Å². The van der Waals surface area contributed by atoms with Crippen molar-refractivity contribution in [3.63, 3.8) is 0 Å². The number of unbranched alkanes of at least 4 members (excludes halogenated alkanes) is 8. The number of carbonyl (C=O) groups excluding carboxylic acids is 1. The maximum atomic E-state index is 14.4. The number of anilines is 10. The molecule has 73 heavy (non-hydrogen) atoms. The molecule has 7 N–H and O–H groups in total. The highest BCUT2D eigenvalue weighted by Gasteiger charge is 2.27. The van der Waals surface area contributed by atoms with Crippen molar-refractivity contribution in [3.05, 3.63) is 81.9 Å². The summed E-state index contributed by atoms with van der Waals surface area (Å²) in [5.74, 6) is 3.08. The molecule has 18 heteroatoms. The second kappa shape index (κ2) is 27.7. The molecule has 3 aromatic carbocycles. The van der Waals surface area contributed by atoms with Crippen LogP contribution >= 0.6 is 0 Å². The van der Waals surface area contributed by atoms with E-state index in [0.717, 1.165) is 186 Å². The Morgan fingerprint density at radius 2 is 0.781 bits per heavy atom. The standard InChI is InChI=1S/C55H83N17O/c1-69(2)29-17-9-13-25-56-50-63-51(57-26-14-10-18-30-70(3)4)66-54(65-50)60-43-23-24-47-42(36-43)35-41-34-40-33-39-21-22-44(37-45(39)49(73)46(40)38-48(41)62-47)61-55-67-52(58-27-15-11-19-31-71(5)6)64-53(68-55)59-28-16-12-20-32-72(7)8/h21-24,34,36-38,62H,9-20,25-33,35H2,1-8H3,(H3,56,57,60,63,65,66)(H3,58,59,61,64,67,68). The van der Waals surface area contributed by atoms with Crippen molar-refractivity contribution in [2.75, 3.05) is 146 Å². The smallest absolute Gasteiger partial charge is 0.233 e. The third kappa shape index (κ3) is 17.5. The molecule has 0 radical (unpaired) electrons. The molecular weight excluding hydrogens is 915 g/mol. The fourth-order valence-corrected chi connectivity index (χ4v) is 9.13. The van der Waals surface area contributed by atoms with Gasteiger partial charge in [0.15, 0.2) is 5.78 Å². The summed E-state index contributed by atoms with van der Waals surface area (Å²) in [5, 5.41) is 24.3. The zero-order valence-electron chi connectivity index (χ0n) is 45.1. The van der Waals surface area contributed by atoms with Crippen LogP contribution in [-0.2, 0) is 12.8 Å². The molecule has 1 aliphatic carbocycles. The topological polar surface area (TPSA) is 192 Å². The van der Waals surface area contributed by atoms with Gasteiger partial charge in [0.2, 0.25) is 35.7 Å². The first-order valence-corrected chi connectivity index (χ1v) is 26.7. The van der Waals surface area contributed by atoms with E-state index in [9.17, 15) is 4.79 Å². The number of benzene rings is 3. The van der Waals surface area contributed by atoms with Gasteiger partial charge in [-0.2, -0.15) is 29.9 Å². The maximum Gasteiger partial charge on any atom is 0.233 e. The van der Waals surface area contributed by atoms with E-state index in [1.807, 2.05) is 30.3 Å². The fraction of sp³-hybridized carbons (Fsp3) is 0.545. The largest absolute Gasteiger partial charge is 0.355 e. The van der Waals surface area contributed by atoms with E-state index in [2.05, 4.69) is 131 Å². The van der Waals surface area contributed by atoms with Gasteiger partial charge in [0.25, 0.3) is 0 Å². The van der Waals surface area contributed by atoms with Crippen LogP contribution in [-0.4, -0.2) is 164 Å². The molecular formula is C55H83N17O. The Bertz CT molecular complexity index is 2470. The second-order valence-electron chi connectivity index (χ2n) is 20.7. The number of hydrogen-bond acceptors (Lipinski definition) is 18. The van der Waals surface area contributed by atoms with E-state index in [-0.39, 0.29) is 5.78 Å². The summed E-state index contributed by atoms with van der Waals surface area (Å²) in [7, 11) is 16.9. The number of aromatic nitrogens is 6. The molecule has 2 aromatic heterocycles. The van der Waals surface area contributed by atoms with E-state index in [1.165, 1.54) is 0 Å². The molecule has 1 aliphatic heterocycles. The maximum absolute atomic E-state index is 14.4. The molecule has 7 rings (SSSR count). The van der Waals surface area contributed by atoms with E-state index in [4.69, 9.17) is 29.9 Å². The Morgan fingerprint density at radius 1 is 0.397 bits per heavy atom. The van der Waals surface area contributed by atoms with Gasteiger partial charge in [-0.25, -0.2) is 0 Å². The molecule has 0 amide bonds. The number of ketones is 1. The lowest BCUT2D eigenvalue weighted by Gasteiger charge is -2.26. The van der Waals surface area contributed by atoms with E-state index in [1.54, 1.807) is 0 Å². The van der Waals surface area contributed by atoms with Gasteiger partial charge in [-0.15, -0.1) is 0 Å². The van der Waals surface area contributed by atoms with E-state index >= 15 is 0 Å². The molecule has 394 valence electrons. The van der Waals surface area contributed by atoms with Crippen LogP contribution in [0.5, 0.6) is 0 Å². The third-order valence-corrected chi connectivity index (χ3v) is 13.1. The van der Waals surface area contributed by atoms with Crippen LogP contribution < -0.4 is 37.2 Å². The lowest BCUT2D eigenvalue weighted by molar-refractivity contribution is 0.103. The highest BCUT2D eigenvalue weighted by atomic mass is 16.1.